The van der Waals surface area contributed by atoms with Gasteiger partial charge in [-0.2, -0.15) is 0 Å². The lowest BCUT2D eigenvalue weighted by molar-refractivity contribution is -0.145. The van der Waals surface area contributed by atoms with Crippen LogP contribution in [0.5, 0.6) is 23.0 Å². The monoisotopic (exact) mass is 866 g/mol. The first-order chi connectivity index (χ1) is 29.8. The van der Waals surface area contributed by atoms with Crippen LogP contribution >= 0.6 is 0 Å². The molecule has 0 spiro atoms. The molecule has 62 heavy (non-hydrogen) atoms. The third-order valence-electron chi connectivity index (χ3n) is 11.6. The van der Waals surface area contributed by atoms with Crippen molar-refractivity contribution in [2.45, 2.75) is 79.4 Å². The number of ether oxygens (including phenoxy) is 8. The molecule has 4 heterocycles. The molecule has 2 aromatic carbocycles. The van der Waals surface area contributed by atoms with Crippen LogP contribution in [0.1, 0.15) is 93.6 Å². The molecule has 4 aliphatic rings. The highest BCUT2D eigenvalue weighted by molar-refractivity contribution is 5.98. The second-order valence-electron chi connectivity index (χ2n) is 15.7. The van der Waals surface area contributed by atoms with Crippen molar-refractivity contribution in [3.63, 3.8) is 0 Å². The van der Waals surface area contributed by atoms with Gasteiger partial charge in [-0.3, -0.25) is 19.4 Å². The molecule has 4 aliphatic heterocycles. The van der Waals surface area contributed by atoms with Crippen LogP contribution in [-0.4, -0.2) is 137 Å². The number of hydrogen-bond acceptors (Lipinski definition) is 16. The van der Waals surface area contributed by atoms with Crippen LogP contribution in [0, 0.1) is 13.8 Å². The molecule has 2 fully saturated rings. The molecule has 2 saturated heterocycles. The average Bonchev–Trinajstić information content (AvgIpc) is 3.87. The van der Waals surface area contributed by atoms with Gasteiger partial charge in [-0.25, -0.2) is 9.59 Å². The summed E-state index contributed by atoms with van der Waals surface area (Å²) in [5.74, 6) is -0.546. The maximum atomic E-state index is 12.0. The quantitative estimate of drug-likeness (QED) is 0.115. The number of fused-ring (bicyclic) bond motifs is 2. The molecule has 0 bridgehead atoms. The summed E-state index contributed by atoms with van der Waals surface area (Å²) >= 11 is 0. The smallest absolute Gasteiger partial charge is 0.342 e. The largest absolute Gasteiger partial charge is 0.507 e. The topological polar surface area (TPSA) is 189 Å². The van der Waals surface area contributed by atoms with Crippen LogP contribution in [0.2, 0.25) is 0 Å². The van der Waals surface area contributed by atoms with Gasteiger partial charge >= 0.3 is 23.9 Å². The number of carbonyl (C=O) groups is 4. The molecular formula is C46H62N2O14. The lowest BCUT2D eigenvalue weighted by Crippen LogP contribution is -2.38. The standard InChI is InChI=1S/2C23H31NO7/c2*1-15(5-7-19(25)30-13-10-24-8-11-29-12-9-24)4-6-17-21(26)20-18(14-31-23(20)27)16(2)22(17)28-3/h2*4,26H,5-14H2,1-3H3/b2*15-4+. The fourth-order valence-electron chi connectivity index (χ4n) is 7.78. The van der Waals surface area contributed by atoms with E-state index in [0.717, 1.165) is 88.0 Å². The van der Waals surface area contributed by atoms with Gasteiger partial charge in [0.1, 0.15) is 60.6 Å². The summed E-state index contributed by atoms with van der Waals surface area (Å²) in [6.07, 6.45) is 6.35. The zero-order valence-electron chi connectivity index (χ0n) is 37.0. The number of phenolic OH excluding ortho intramolecular Hbond substituents is 2. The zero-order chi connectivity index (χ0) is 44.8. The van der Waals surface area contributed by atoms with Crippen LogP contribution in [0.25, 0.3) is 0 Å². The van der Waals surface area contributed by atoms with Crippen molar-refractivity contribution >= 4 is 23.9 Å². The molecule has 0 atom stereocenters. The van der Waals surface area contributed by atoms with Gasteiger partial charge in [0.15, 0.2) is 0 Å². The molecule has 16 heteroatoms. The van der Waals surface area contributed by atoms with Crippen LogP contribution in [0.4, 0.5) is 0 Å². The first-order valence-corrected chi connectivity index (χ1v) is 21.2. The van der Waals surface area contributed by atoms with E-state index in [0.29, 0.717) is 85.5 Å². The number of aromatic hydroxyl groups is 2. The SMILES string of the molecule is COc1c(C)c2c(c(O)c1C/C=C(\C)CCC(=O)OCCN1CCOCC1)C(=O)OC2.COc1c(C)c2c(c(O)c1C/C=C(\C)CCC(=O)OCCN1CCOCC1)C(=O)OC2. The van der Waals surface area contributed by atoms with Gasteiger partial charge in [-0.05, 0) is 64.5 Å². The maximum Gasteiger partial charge on any atom is 0.342 e. The van der Waals surface area contributed by atoms with Crippen LogP contribution in [0.15, 0.2) is 23.3 Å². The van der Waals surface area contributed by atoms with E-state index in [-0.39, 0.29) is 47.8 Å². The molecule has 2 aromatic rings. The third kappa shape index (κ3) is 12.5. The second-order valence-corrected chi connectivity index (χ2v) is 15.7. The number of benzene rings is 2. The van der Waals surface area contributed by atoms with Crippen molar-refractivity contribution in [3.8, 4) is 23.0 Å². The minimum absolute atomic E-state index is 0.0912. The first kappa shape index (κ1) is 47.9. The number of phenols is 2. The highest BCUT2D eigenvalue weighted by Gasteiger charge is 2.33. The van der Waals surface area contributed by atoms with Crippen molar-refractivity contribution in [2.75, 3.05) is 93.1 Å². The summed E-state index contributed by atoms with van der Waals surface area (Å²) in [6, 6.07) is 0. The van der Waals surface area contributed by atoms with E-state index in [9.17, 15) is 29.4 Å². The molecule has 0 saturated carbocycles. The Morgan fingerprint density at radius 3 is 1.35 bits per heavy atom. The van der Waals surface area contributed by atoms with Gasteiger partial charge in [-0.1, -0.05) is 23.3 Å². The fourth-order valence-corrected chi connectivity index (χ4v) is 7.78. The summed E-state index contributed by atoms with van der Waals surface area (Å²) in [4.78, 5) is 52.5. The summed E-state index contributed by atoms with van der Waals surface area (Å²) in [6.45, 7) is 16.5. The first-order valence-electron chi connectivity index (χ1n) is 21.2. The van der Waals surface area contributed by atoms with Gasteiger partial charge in [0.05, 0.1) is 40.6 Å². The Bertz CT molecular complexity index is 1850. The second kappa shape index (κ2) is 23.3. The summed E-state index contributed by atoms with van der Waals surface area (Å²) in [7, 11) is 3.08. The Morgan fingerprint density at radius 2 is 1.00 bits per heavy atom. The molecule has 0 aromatic heterocycles. The van der Waals surface area contributed by atoms with Crippen LogP contribution in [-0.2, 0) is 64.1 Å². The third-order valence-corrected chi connectivity index (χ3v) is 11.6. The Morgan fingerprint density at radius 1 is 0.629 bits per heavy atom. The van der Waals surface area contributed by atoms with Gasteiger partial charge in [0.2, 0.25) is 0 Å². The minimum Gasteiger partial charge on any atom is -0.507 e. The molecule has 2 N–H and O–H groups in total. The van der Waals surface area contributed by atoms with Crippen molar-refractivity contribution < 1.29 is 67.3 Å². The number of nitrogens with zero attached hydrogens (tertiary/aromatic N) is 2. The van der Waals surface area contributed by atoms with Crippen molar-refractivity contribution in [3.05, 3.63) is 67.8 Å². The molecule has 0 radical (unpaired) electrons. The number of carbonyl (C=O) groups excluding carboxylic acids is 4. The average molecular weight is 867 g/mol. The minimum atomic E-state index is -0.514. The zero-order valence-corrected chi connectivity index (χ0v) is 37.0. The number of allylic oxidation sites excluding steroid dienone is 4. The maximum absolute atomic E-state index is 12.0. The molecule has 6 rings (SSSR count). The predicted octanol–water partition coefficient (Wildman–Crippen LogP) is 5.05. The molecule has 340 valence electrons. The Hall–Kier alpha value is -5.16. The summed E-state index contributed by atoms with van der Waals surface area (Å²) < 4.78 is 42.4. The lowest BCUT2D eigenvalue weighted by atomic mass is 9.94. The number of esters is 4. The van der Waals surface area contributed by atoms with E-state index in [1.165, 1.54) is 0 Å². The van der Waals surface area contributed by atoms with E-state index in [2.05, 4.69) is 9.80 Å². The normalized spacial score (nSPS) is 16.7. The van der Waals surface area contributed by atoms with Gasteiger partial charge in [0, 0.05) is 74.4 Å². The summed E-state index contributed by atoms with van der Waals surface area (Å²) in [5.41, 5.74) is 6.46. The fraction of sp³-hybridized carbons (Fsp3) is 0.565. The lowest BCUT2D eigenvalue weighted by Gasteiger charge is -2.26. The van der Waals surface area contributed by atoms with E-state index >= 15 is 0 Å². The summed E-state index contributed by atoms with van der Waals surface area (Å²) in [5, 5.41) is 21.3. The van der Waals surface area contributed by atoms with Crippen molar-refractivity contribution in [1.29, 1.82) is 0 Å². The molecule has 0 amide bonds. The van der Waals surface area contributed by atoms with Crippen molar-refractivity contribution in [2.24, 2.45) is 0 Å². The molecular weight excluding hydrogens is 805 g/mol. The molecule has 16 nitrogen and oxygen atoms in total. The van der Waals surface area contributed by atoms with Gasteiger partial charge in [0.25, 0.3) is 0 Å². The van der Waals surface area contributed by atoms with Gasteiger partial charge < -0.3 is 48.1 Å². The number of methoxy groups -OCH3 is 2. The highest BCUT2D eigenvalue weighted by atomic mass is 16.6. The van der Waals surface area contributed by atoms with E-state index in [1.807, 2.05) is 39.8 Å². The Kier molecular flexibility index (Phi) is 18.0. The Labute approximate surface area is 363 Å². The number of hydrogen-bond donors (Lipinski definition) is 2. The highest BCUT2D eigenvalue weighted by Crippen LogP contribution is 2.43. The number of rotatable bonds is 18. The van der Waals surface area contributed by atoms with E-state index in [1.54, 1.807) is 14.2 Å². The van der Waals surface area contributed by atoms with E-state index in [4.69, 9.17) is 37.9 Å². The van der Waals surface area contributed by atoms with Gasteiger partial charge in [-0.15, -0.1) is 0 Å². The van der Waals surface area contributed by atoms with Crippen LogP contribution in [0.3, 0.4) is 0 Å². The van der Waals surface area contributed by atoms with Crippen LogP contribution < -0.4 is 9.47 Å². The van der Waals surface area contributed by atoms with Crippen molar-refractivity contribution in [1.82, 2.24) is 9.80 Å². The molecule has 0 aliphatic carbocycles. The predicted molar refractivity (Wildman–Crippen MR) is 227 cm³/mol. The number of cyclic esters (lactones) is 2. The molecule has 0 unspecified atom stereocenters. The number of morpholine rings is 2. The Balaban J connectivity index is 0.000000234. The van der Waals surface area contributed by atoms with E-state index < -0.39 is 11.9 Å².